The van der Waals surface area contributed by atoms with E-state index in [1.807, 2.05) is 25.1 Å². The van der Waals surface area contributed by atoms with Gasteiger partial charge in [0.15, 0.2) is 0 Å². The van der Waals surface area contributed by atoms with Crippen LogP contribution in [0.5, 0.6) is 5.75 Å². The maximum atomic E-state index is 12.6. The number of benzene rings is 2. The molecule has 0 fully saturated rings. The van der Waals surface area contributed by atoms with Crippen LogP contribution in [0.1, 0.15) is 17.4 Å². The number of hydrogen-bond acceptors (Lipinski definition) is 7. The molecule has 180 valence electrons. The lowest BCUT2D eigenvalue weighted by Gasteiger charge is -2.14. The molecule has 0 saturated heterocycles. The number of aryl methyl sites for hydroxylation is 1. The number of sulfonamides is 1. The van der Waals surface area contributed by atoms with Crippen molar-refractivity contribution in [2.24, 2.45) is 0 Å². The molecule has 0 radical (unpaired) electrons. The average molecular weight is 541 g/mol. The van der Waals surface area contributed by atoms with Gasteiger partial charge in [0.2, 0.25) is 0 Å². The number of hydrogen-bond donors (Lipinski definition) is 4. The van der Waals surface area contributed by atoms with E-state index in [0.717, 1.165) is 33.7 Å². The largest absolute Gasteiger partial charge is 0.492 e. The molecule has 0 aliphatic rings. The number of thiophene rings is 1. The summed E-state index contributed by atoms with van der Waals surface area (Å²) in [4.78, 5) is 0. The first-order valence-electron chi connectivity index (χ1n) is 10.3. The maximum Gasteiger partial charge on any atom is 0.271 e. The Morgan fingerprint density at radius 1 is 1.21 bits per heavy atom. The lowest BCUT2D eigenvalue weighted by molar-refractivity contribution is 0.172. The summed E-state index contributed by atoms with van der Waals surface area (Å²) < 4.78 is 33.6. The highest BCUT2D eigenvalue weighted by molar-refractivity contribution is 7.94. The summed E-state index contributed by atoms with van der Waals surface area (Å²) >= 11 is 12.6. The molecule has 4 aromatic rings. The van der Waals surface area contributed by atoms with Gasteiger partial charge in [-0.1, -0.05) is 35.3 Å². The van der Waals surface area contributed by atoms with Gasteiger partial charge < -0.3 is 15.2 Å². The number of aliphatic hydroxyl groups excluding tert-OH is 1. The number of rotatable bonds is 10. The molecular formula is C22H22Cl2N4O4S2. The Hall–Kier alpha value is -2.34. The minimum Gasteiger partial charge on any atom is -0.492 e. The Labute approximate surface area is 210 Å². The van der Waals surface area contributed by atoms with Crippen molar-refractivity contribution < 1.29 is 18.3 Å². The summed E-state index contributed by atoms with van der Waals surface area (Å²) in [6, 6.07) is 13.6. The highest BCUT2D eigenvalue weighted by atomic mass is 35.5. The van der Waals surface area contributed by atoms with E-state index in [9.17, 15) is 13.5 Å². The van der Waals surface area contributed by atoms with Crippen molar-refractivity contribution in [3.8, 4) is 5.75 Å². The van der Waals surface area contributed by atoms with Crippen molar-refractivity contribution in [1.29, 1.82) is 0 Å². The number of aromatic amines is 1. The summed E-state index contributed by atoms with van der Waals surface area (Å²) in [6.07, 6.45) is -0.835. The van der Waals surface area contributed by atoms with Crippen molar-refractivity contribution in [3.05, 3.63) is 69.1 Å². The molecule has 2 aromatic carbocycles. The van der Waals surface area contributed by atoms with Gasteiger partial charge in [-0.3, -0.25) is 9.82 Å². The highest BCUT2D eigenvalue weighted by Crippen LogP contribution is 2.35. The topological polar surface area (TPSA) is 116 Å². The summed E-state index contributed by atoms with van der Waals surface area (Å²) in [5.74, 6) is 0.717. The van der Waals surface area contributed by atoms with Crippen LogP contribution in [0.4, 0.5) is 5.69 Å². The van der Waals surface area contributed by atoms with Crippen LogP contribution in [-0.2, 0) is 10.0 Å². The van der Waals surface area contributed by atoms with Gasteiger partial charge in [-0.2, -0.15) is 5.10 Å². The number of fused-ring (bicyclic) bond motifs is 1. The van der Waals surface area contributed by atoms with E-state index in [1.54, 1.807) is 24.3 Å². The van der Waals surface area contributed by atoms with Crippen LogP contribution in [0.25, 0.3) is 10.9 Å². The normalized spacial score (nSPS) is 12.7. The fraction of sp³-hybridized carbons (Fsp3) is 0.227. The number of nitrogens with zero attached hydrogens (tertiary/aromatic N) is 1. The molecule has 8 nitrogen and oxygen atoms in total. The molecule has 4 rings (SSSR count). The van der Waals surface area contributed by atoms with Crippen molar-refractivity contribution >= 4 is 61.2 Å². The van der Waals surface area contributed by atoms with E-state index in [-0.39, 0.29) is 20.1 Å². The molecule has 2 aromatic heterocycles. The number of aromatic nitrogens is 2. The van der Waals surface area contributed by atoms with Gasteiger partial charge in [0, 0.05) is 35.9 Å². The number of ether oxygens (including phenoxy) is 1. The summed E-state index contributed by atoms with van der Waals surface area (Å²) in [5, 5.41) is 22.1. The lowest BCUT2D eigenvalue weighted by atomic mass is 10.1. The molecule has 0 aliphatic heterocycles. The molecule has 0 bridgehead atoms. The zero-order chi connectivity index (χ0) is 24.3. The summed E-state index contributed by atoms with van der Waals surface area (Å²) in [7, 11) is -3.84. The van der Waals surface area contributed by atoms with Gasteiger partial charge in [0.05, 0.1) is 16.6 Å². The first-order chi connectivity index (χ1) is 16.2. The Kier molecular flexibility index (Phi) is 7.66. The standard InChI is InChI=1S/C22H22Cl2N4O4S2/c1-13-17-6-5-16(10-19(17)27-26-13)32-8-7-25-12-20(29)14-3-2-4-15(9-14)28-34(30,31)21-11-18(23)22(24)33-21/h2-6,9-11,20,25,28-29H,7-8,12H2,1H3,(H,26,27)/t20-/m0/s1. The third kappa shape index (κ3) is 5.83. The van der Waals surface area contributed by atoms with Crippen molar-refractivity contribution in [2.75, 3.05) is 24.4 Å². The number of H-pyrrole nitrogens is 1. The molecule has 0 unspecified atom stereocenters. The quantitative estimate of drug-likeness (QED) is 0.216. The number of aliphatic hydroxyl groups is 1. The Bertz CT molecular complexity index is 1390. The van der Waals surface area contributed by atoms with Gasteiger partial charge in [-0.05, 0) is 42.8 Å². The maximum absolute atomic E-state index is 12.6. The predicted molar refractivity (Wildman–Crippen MR) is 136 cm³/mol. The lowest BCUT2D eigenvalue weighted by Crippen LogP contribution is -2.26. The molecule has 0 aliphatic carbocycles. The Morgan fingerprint density at radius 3 is 2.79 bits per heavy atom. The Balaban J connectivity index is 1.27. The van der Waals surface area contributed by atoms with E-state index < -0.39 is 16.1 Å². The van der Waals surface area contributed by atoms with E-state index in [0.29, 0.717) is 24.4 Å². The molecule has 2 heterocycles. The Morgan fingerprint density at radius 2 is 2.03 bits per heavy atom. The number of halogens is 2. The first kappa shape index (κ1) is 24.8. The molecular weight excluding hydrogens is 519 g/mol. The van der Waals surface area contributed by atoms with Crippen molar-refractivity contribution in [3.63, 3.8) is 0 Å². The van der Waals surface area contributed by atoms with Gasteiger partial charge in [-0.25, -0.2) is 8.42 Å². The third-order valence-corrected chi connectivity index (χ3v) is 8.73. The highest BCUT2D eigenvalue weighted by Gasteiger charge is 2.20. The van der Waals surface area contributed by atoms with Gasteiger partial charge in [-0.15, -0.1) is 11.3 Å². The van der Waals surface area contributed by atoms with Crippen LogP contribution >= 0.6 is 34.5 Å². The van der Waals surface area contributed by atoms with Crippen LogP contribution in [-0.4, -0.2) is 43.4 Å². The van der Waals surface area contributed by atoms with Gasteiger partial charge in [0.1, 0.15) is 20.9 Å². The molecule has 1 atom stereocenters. The minimum absolute atomic E-state index is 0.0108. The summed E-state index contributed by atoms with van der Waals surface area (Å²) in [6.45, 7) is 3.16. The first-order valence-corrected chi connectivity index (χ1v) is 13.3. The van der Waals surface area contributed by atoms with E-state index in [1.165, 1.54) is 6.07 Å². The zero-order valence-electron chi connectivity index (χ0n) is 18.0. The second kappa shape index (κ2) is 10.5. The second-order valence-corrected chi connectivity index (χ2v) is 11.5. The second-order valence-electron chi connectivity index (χ2n) is 7.51. The molecule has 12 heteroatoms. The fourth-order valence-corrected chi connectivity index (χ4v) is 6.22. The SMILES string of the molecule is Cc1[nH]nc2cc(OCCNC[C@H](O)c3cccc(NS(=O)(=O)c4cc(Cl)c(Cl)s4)c3)ccc12. The van der Waals surface area contributed by atoms with Gasteiger partial charge >= 0.3 is 0 Å². The zero-order valence-corrected chi connectivity index (χ0v) is 21.2. The number of nitrogens with one attached hydrogen (secondary N) is 3. The van der Waals surface area contributed by atoms with Crippen LogP contribution in [0.2, 0.25) is 9.36 Å². The monoisotopic (exact) mass is 540 g/mol. The van der Waals surface area contributed by atoms with Crippen molar-refractivity contribution in [2.45, 2.75) is 17.2 Å². The van der Waals surface area contributed by atoms with E-state index in [4.69, 9.17) is 27.9 Å². The van der Waals surface area contributed by atoms with E-state index in [2.05, 4.69) is 20.2 Å². The average Bonchev–Trinajstić information content (AvgIpc) is 3.35. The number of anilines is 1. The van der Waals surface area contributed by atoms with E-state index >= 15 is 0 Å². The molecule has 0 saturated carbocycles. The molecule has 0 amide bonds. The van der Waals surface area contributed by atoms with Crippen LogP contribution in [0.15, 0.2) is 52.7 Å². The van der Waals surface area contributed by atoms with Crippen molar-refractivity contribution in [1.82, 2.24) is 15.5 Å². The molecule has 34 heavy (non-hydrogen) atoms. The summed E-state index contributed by atoms with van der Waals surface area (Å²) in [5.41, 5.74) is 2.74. The molecule has 4 N–H and O–H groups in total. The predicted octanol–water partition coefficient (Wildman–Crippen LogP) is 4.74. The smallest absolute Gasteiger partial charge is 0.271 e. The van der Waals surface area contributed by atoms with Crippen LogP contribution in [0, 0.1) is 6.92 Å². The van der Waals surface area contributed by atoms with Gasteiger partial charge in [0.25, 0.3) is 10.0 Å². The fourth-order valence-electron chi connectivity index (χ4n) is 3.29. The minimum atomic E-state index is -3.84. The van der Waals surface area contributed by atoms with Crippen LogP contribution in [0.3, 0.4) is 0 Å². The van der Waals surface area contributed by atoms with Crippen LogP contribution < -0.4 is 14.8 Å². The third-order valence-electron chi connectivity index (χ3n) is 5.01. The molecule has 0 spiro atoms.